The molecule has 0 aliphatic carbocycles. The minimum absolute atomic E-state index is 0.0963. The predicted octanol–water partition coefficient (Wildman–Crippen LogP) is 4.12. The molecule has 0 saturated carbocycles. The van der Waals surface area contributed by atoms with Crippen molar-refractivity contribution in [3.05, 3.63) is 65.4 Å². The molecule has 2 N–H and O–H groups in total. The molecule has 0 bridgehead atoms. The van der Waals surface area contributed by atoms with Gasteiger partial charge in [0.2, 0.25) is 0 Å². The van der Waals surface area contributed by atoms with Gasteiger partial charge in [-0.2, -0.15) is 0 Å². The van der Waals surface area contributed by atoms with Crippen molar-refractivity contribution in [2.45, 2.75) is 19.8 Å². The van der Waals surface area contributed by atoms with E-state index in [1.54, 1.807) is 0 Å². The molecule has 2 heterocycles. The number of aromatic nitrogens is 1. The average molecular weight is 264 g/mol. The van der Waals surface area contributed by atoms with E-state index in [0.717, 1.165) is 16.9 Å². The Balaban J connectivity index is 1.80. The molecule has 0 amide bonds. The van der Waals surface area contributed by atoms with E-state index >= 15 is 0 Å². The number of rotatable bonds is 1. The fourth-order valence-electron chi connectivity index (χ4n) is 2.93. The van der Waals surface area contributed by atoms with Crippen LogP contribution in [0.4, 0.5) is 5.69 Å². The van der Waals surface area contributed by atoms with E-state index in [-0.39, 0.29) is 6.23 Å². The summed E-state index contributed by atoms with van der Waals surface area (Å²) < 4.78 is 6.01. The van der Waals surface area contributed by atoms with E-state index in [4.69, 9.17) is 4.74 Å². The Hall–Kier alpha value is -2.26. The first-order valence-corrected chi connectivity index (χ1v) is 6.86. The maximum absolute atomic E-state index is 6.01. The Morgan fingerprint density at radius 3 is 2.80 bits per heavy atom. The van der Waals surface area contributed by atoms with Crippen LogP contribution in [0.2, 0.25) is 0 Å². The maximum Gasteiger partial charge on any atom is 0.156 e. The smallest absolute Gasteiger partial charge is 0.156 e. The summed E-state index contributed by atoms with van der Waals surface area (Å²) in [5.41, 5.74) is 5.89. The third-order valence-electron chi connectivity index (χ3n) is 3.92. The van der Waals surface area contributed by atoms with Crippen molar-refractivity contribution in [1.82, 2.24) is 4.98 Å². The van der Waals surface area contributed by atoms with Crippen molar-refractivity contribution in [1.29, 1.82) is 0 Å². The molecular formula is C17H16N2O. The van der Waals surface area contributed by atoms with Crippen molar-refractivity contribution >= 4 is 16.6 Å². The fraction of sp³-hybridized carbons (Fsp3) is 0.176. The number of aromatic amines is 1. The Labute approximate surface area is 117 Å². The summed E-state index contributed by atoms with van der Waals surface area (Å²) in [6.45, 7) is 2.74. The molecule has 1 unspecified atom stereocenters. The molecule has 0 fully saturated rings. The predicted molar refractivity (Wildman–Crippen MR) is 80.6 cm³/mol. The van der Waals surface area contributed by atoms with Crippen molar-refractivity contribution in [3.63, 3.8) is 0 Å². The second-order valence-corrected chi connectivity index (χ2v) is 5.20. The second kappa shape index (κ2) is 4.39. The number of aryl methyl sites for hydroxylation is 1. The largest absolute Gasteiger partial charge is 0.358 e. The lowest BCUT2D eigenvalue weighted by atomic mass is 10.1. The van der Waals surface area contributed by atoms with Gasteiger partial charge in [0.1, 0.15) is 0 Å². The van der Waals surface area contributed by atoms with Crippen molar-refractivity contribution in [2.75, 3.05) is 5.32 Å². The molecule has 1 aromatic heterocycles. The number of ether oxygens (including phenoxy) is 1. The molecule has 2 aromatic carbocycles. The van der Waals surface area contributed by atoms with E-state index in [0.29, 0.717) is 6.61 Å². The molecule has 4 rings (SSSR count). The summed E-state index contributed by atoms with van der Waals surface area (Å²) in [5.74, 6) is 0. The highest BCUT2D eigenvalue weighted by Crippen LogP contribution is 2.35. The minimum Gasteiger partial charge on any atom is -0.358 e. The summed E-state index contributed by atoms with van der Waals surface area (Å²) in [6, 6.07) is 16.7. The third kappa shape index (κ3) is 1.71. The molecule has 1 aliphatic heterocycles. The number of nitrogens with one attached hydrogen (secondary N) is 2. The lowest BCUT2D eigenvalue weighted by molar-refractivity contribution is 0.0512. The van der Waals surface area contributed by atoms with E-state index in [1.165, 1.54) is 16.5 Å². The Morgan fingerprint density at radius 1 is 1.05 bits per heavy atom. The average Bonchev–Trinajstić information content (AvgIpc) is 2.82. The monoisotopic (exact) mass is 264 g/mol. The van der Waals surface area contributed by atoms with Crippen molar-refractivity contribution in [2.24, 2.45) is 0 Å². The number of anilines is 1. The van der Waals surface area contributed by atoms with Crippen LogP contribution in [0.15, 0.2) is 48.5 Å². The van der Waals surface area contributed by atoms with Crippen LogP contribution in [0.1, 0.15) is 23.0 Å². The molecular weight excluding hydrogens is 248 g/mol. The van der Waals surface area contributed by atoms with E-state index in [2.05, 4.69) is 53.6 Å². The first kappa shape index (κ1) is 11.6. The van der Waals surface area contributed by atoms with Gasteiger partial charge < -0.3 is 15.0 Å². The van der Waals surface area contributed by atoms with Crippen molar-refractivity contribution in [3.8, 4) is 0 Å². The zero-order valence-electron chi connectivity index (χ0n) is 11.3. The van der Waals surface area contributed by atoms with Gasteiger partial charge in [0, 0.05) is 33.4 Å². The molecule has 0 radical (unpaired) electrons. The van der Waals surface area contributed by atoms with Gasteiger partial charge >= 0.3 is 0 Å². The number of hydrogen-bond donors (Lipinski definition) is 2. The number of hydrogen-bond acceptors (Lipinski definition) is 2. The normalized spacial score (nSPS) is 17.8. The Morgan fingerprint density at radius 2 is 1.85 bits per heavy atom. The summed E-state index contributed by atoms with van der Waals surface area (Å²) in [7, 11) is 0. The summed E-state index contributed by atoms with van der Waals surface area (Å²) >= 11 is 0. The molecule has 0 spiro atoms. The van der Waals surface area contributed by atoms with Crippen LogP contribution in [0.5, 0.6) is 0 Å². The number of para-hydroxylation sites is 2. The molecule has 1 atom stereocenters. The van der Waals surface area contributed by atoms with Crippen LogP contribution >= 0.6 is 0 Å². The van der Waals surface area contributed by atoms with Crippen LogP contribution < -0.4 is 5.32 Å². The van der Waals surface area contributed by atoms with Crippen LogP contribution in [0.3, 0.4) is 0 Å². The van der Waals surface area contributed by atoms with Gasteiger partial charge in [0.15, 0.2) is 6.23 Å². The van der Waals surface area contributed by atoms with E-state index in [9.17, 15) is 0 Å². The van der Waals surface area contributed by atoms with Crippen LogP contribution in [0.25, 0.3) is 10.9 Å². The highest BCUT2D eigenvalue weighted by atomic mass is 16.5. The summed E-state index contributed by atoms with van der Waals surface area (Å²) in [4.78, 5) is 3.43. The van der Waals surface area contributed by atoms with Gasteiger partial charge in [-0.3, -0.25) is 0 Å². The first-order chi connectivity index (χ1) is 9.83. The highest BCUT2D eigenvalue weighted by Gasteiger charge is 2.23. The molecule has 3 aromatic rings. The van der Waals surface area contributed by atoms with Crippen LogP contribution in [0, 0.1) is 6.92 Å². The Kier molecular flexibility index (Phi) is 2.54. The molecule has 20 heavy (non-hydrogen) atoms. The lowest BCUT2D eigenvalue weighted by Crippen LogP contribution is -2.20. The topological polar surface area (TPSA) is 37.0 Å². The quantitative estimate of drug-likeness (QED) is 0.693. The van der Waals surface area contributed by atoms with Gasteiger partial charge in [0.25, 0.3) is 0 Å². The number of fused-ring (bicyclic) bond motifs is 2. The molecule has 0 saturated heterocycles. The Bertz CT molecular complexity index is 776. The number of H-pyrrole nitrogens is 1. The standard InChI is InChI=1S/C17H16N2O/c1-11-16(13-7-3-5-9-15(13)18-11)17-19-14-8-4-2-6-12(14)10-20-17/h2-9,17-19H,10H2,1H3. The fourth-order valence-corrected chi connectivity index (χ4v) is 2.93. The minimum atomic E-state index is -0.0963. The maximum atomic E-state index is 6.01. The molecule has 3 heteroatoms. The molecule has 1 aliphatic rings. The summed E-state index contributed by atoms with van der Waals surface area (Å²) in [5, 5.41) is 4.71. The SMILES string of the molecule is Cc1[nH]c2ccccc2c1C1Nc2ccccc2CO1. The first-order valence-electron chi connectivity index (χ1n) is 6.86. The van der Waals surface area contributed by atoms with Gasteiger partial charge in [-0.1, -0.05) is 36.4 Å². The second-order valence-electron chi connectivity index (χ2n) is 5.20. The van der Waals surface area contributed by atoms with Crippen molar-refractivity contribution < 1.29 is 4.74 Å². The van der Waals surface area contributed by atoms with Gasteiger partial charge in [-0.05, 0) is 19.1 Å². The molecule has 3 nitrogen and oxygen atoms in total. The highest BCUT2D eigenvalue weighted by molar-refractivity contribution is 5.85. The number of benzene rings is 2. The van der Waals surface area contributed by atoms with E-state index in [1.807, 2.05) is 12.1 Å². The molecule has 100 valence electrons. The van der Waals surface area contributed by atoms with Gasteiger partial charge in [-0.15, -0.1) is 0 Å². The summed E-state index contributed by atoms with van der Waals surface area (Å²) in [6.07, 6.45) is -0.0963. The van der Waals surface area contributed by atoms with Gasteiger partial charge in [0.05, 0.1) is 6.61 Å². The third-order valence-corrected chi connectivity index (χ3v) is 3.92. The van der Waals surface area contributed by atoms with Crippen LogP contribution in [-0.4, -0.2) is 4.98 Å². The zero-order valence-corrected chi connectivity index (χ0v) is 11.3. The lowest BCUT2D eigenvalue weighted by Gasteiger charge is -2.28. The van der Waals surface area contributed by atoms with Gasteiger partial charge in [-0.25, -0.2) is 0 Å². The zero-order chi connectivity index (χ0) is 13.5. The van der Waals surface area contributed by atoms with E-state index < -0.39 is 0 Å². The van der Waals surface area contributed by atoms with Crippen LogP contribution in [-0.2, 0) is 11.3 Å².